The summed E-state index contributed by atoms with van der Waals surface area (Å²) in [5.74, 6) is -0.764. The zero-order valence-electron chi connectivity index (χ0n) is 16.3. The van der Waals surface area contributed by atoms with Crippen molar-refractivity contribution in [3.8, 4) is 11.4 Å². The molecule has 154 valence electrons. The fraction of sp³-hybridized carbons (Fsp3) is 0.318. The molecule has 2 N–H and O–H groups in total. The van der Waals surface area contributed by atoms with E-state index in [1.165, 1.54) is 4.57 Å². The number of cyclic esters (lactones) is 1. The second-order valence-corrected chi connectivity index (χ2v) is 7.45. The second-order valence-electron chi connectivity index (χ2n) is 7.45. The zero-order valence-corrected chi connectivity index (χ0v) is 16.3. The van der Waals surface area contributed by atoms with Crippen LogP contribution in [0.2, 0.25) is 0 Å². The van der Waals surface area contributed by atoms with E-state index in [2.05, 4.69) is 0 Å². The third kappa shape index (κ3) is 2.48. The first-order chi connectivity index (χ1) is 14.5. The molecule has 0 spiro atoms. The van der Waals surface area contributed by atoms with Crippen molar-refractivity contribution in [2.75, 3.05) is 13.2 Å². The number of aliphatic hydroxyl groups excluding tert-OH is 1. The summed E-state index contributed by atoms with van der Waals surface area (Å²) in [5, 5.41) is 21.1. The van der Waals surface area contributed by atoms with Gasteiger partial charge in [0.25, 0.3) is 5.56 Å². The Bertz CT molecular complexity index is 1250. The SMILES string of the molecule is CC[C@@]1(O)C(=O)OCc2c1cc1n(c2=O)C(OCCO)c2cc3ccccc3nc2-1. The summed E-state index contributed by atoms with van der Waals surface area (Å²) < 4.78 is 12.4. The molecule has 30 heavy (non-hydrogen) atoms. The lowest BCUT2D eigenvalue weighted by Crippen LogP contribution is -2.44. The molecule has 2 aromatic heterocycles. The average molecular weight is 408 g/mol. The minimum atomic E-state index is -1.89. The first-order valence-electron chi connectivity index (χ1n) is 9.80. The van der Waals surface area contributed by atoms with Crippen LogP contribution >= 0.6 is 0 Å². The highest BCUT2D eigenvalue weighted by Crippen LogP contribution is 2.42. The van der Waals surface area contributed by atoms with Gasteiger partial charge in [0, 0.05) is 16.5 Å². The van der Waals surface area contributed by atoms with Gasteiger partial charge in [-0.2, -0.15) is 0 Å². The Labute approximate surface area is 171 Å². The number of pyridine rings is 2. The van der Waals surface area contributed by atoms with Gasteiger partial charge in [-0.1, -0.05) is 25.1 Å². The Hall–Kier alpha value is -3.07. The lowest BCUT2D eigenvalue weighted by Gasteiger charge is -2.32. The van der Waals surface area contributed by atoms with Crippen LogP contribution in [0.15, 0.2) is 41.2 Å². The Morgan fingerprint density at radius 1 is 1.30 bits per heavy atom. The minimum Gasteiger partial charge on any atom is -0.458 e. The van der Waals surface area contributed by atoms with Crippen molar-refractivity contribution in [1.82, 2.24) is 9.55 Å². The Morgan fingerprint density at radius 2 is 2.10 bits per heavy atom. The van der Waals surface area contributed by atoms with Crippen LogP contribution in [0.4, 0.5) is 0 Å². The van der Waals surface area contributed by atoms with Gasteiger partial charge in [0.05, 0.1) is 35.7 Å². The smallest absolute Gasteiger partial charge is 0.343 e. The third-order valence-corrected chi connectivity index (χ3v) is 5.85. The van der Waals surface area contributed by atoms with Gasteiger partial charge in [-0.15, -0.1) is 0 Å². The summed E-state index contributed by atoms with van der Waals surface area (Å²) in [6.45, 7) is 1.28. The van der Waals surface area contributed by atoms with E-state index in [-0.39, 0.29) is 37.4 Å². The van der Waals surface area contributed by atoms with Crippen LogP contribution in [0.1, 0.15) is 36.3 Å². The van der Waals surface area contributed by atoms with Crippen molar-refractivity contribution in [3.05, 3.63) is 63.4 Å². The Kier molecular flexibility index (Phi) is 4.25. The van der Waals surface area contributed by atoms with Gasteiger partial charge in [-0.3, -0.25) is 9.36 Å². The molecular weight excluding hydrogens is 388 g/mol. The van der Waals surface area contributed by atoms with Crippen LogP contribution in [0, 0.1) is 0 Å². The van der Waals surface area contributed by atoms with Crippen molar-refractivity contribution < 1.29 is 24.5 Å². The van der Waals surface area contributed by atoms with Crippen LogP contribution < -0.4 is 5.56 Å². The van der Waals surface area contributed by atoms with Crippen molar-refractivity contribution in [2.45, 2.75) is 31.8 Å². The predicted octanol–water partition coefficient (Wildman–Crippen LogP) is 1.59. The predicted molar refractivity (Wildman–Crippen MR) is 107 cm³/mol. The first-order valence-corrected chi connectivity index (χ1v) is 9.80. The van der Waals surface area contributed by atoms with Crippen LogP contribution in [0.5, 0.6) is 0 Å². The molecule has 0 fully saturated rings. The summed E-state index contributed by atoms with van der Waals surface area (Å²) in [5.41, 5.74) is 0.627. The summed E-state index contributed by atoms with van der Waals surface area (Å²) in [4.78, 5) is 30.5. The number of aliphatic hydroxyl groups is 2. The Morgan fingerprint density at radius 3 is 2.87 bits per heavy atom. The van der Waals surface area contributed by atoms with Gasteiger partial charge in [-0.05, 0) is 24.6 Å². The molecule has 0 amide bonds. The van der Waals surface area contributed by atoms with Crippen LogP contribution in [0.3, 0.4) is 0 Å². The molecule has 2 aliphatic heterocycles. The van der Waals surface area contributed by atoms with Crippen LogP contribution in [-0.2, 0) is 26.5 Å². The summed E-state index contributed by atoms with van der Waals surface area (Å²) in [7, 11) is 0. The first kappa shape index (κ1) is 18.9. The molecule has 0 saturated carbocycles. The molecule has 4 heterocycles. The largest absolute Gasteiger partial charge is 0.458 e. The quantitative estimate of drug-likeness (QED) is 0.631. The van der Waals surface area contributed by atoms with Crippen LogP contribution in [-0.4, -0.2) is 38.9 Å². The molecule has 0 radical (unpaired) electrons. The Balaban J connectivity index is 1.82. The van der Waals surface area contributed by atoms with E-state index >= 15 is 0 Å². The van der Waals surface area contributed by atoms with E-state index in [4.69, 9.17) is 14.5 Å². The molecule has 8 nitrogen and oxygen atoms in total. The van der Waals surface area contributed by atoms with Crippen molar-refractivity contribution >= 4 is 16.9 Å². The minimum absolute atomic E-state index is 0.0355. The molecular formula is C22H20N2O6. The fourth-order valence-corrected chi connectivity index (χ4v) is 4.28. The topological polar surface area (TPSA) is 111 Å². The van der Waals surface area contributed by atoms with Gasteiger partial charge in [0.1, 0.15) is 6.61 Å². The molecule has 0 saturated heterocycles. The molecule has 2 aliphatic rings. The van der Waals surface area contributed by atoms with E-state index in [9.17, 15) is 19.8 Å². The number of para-hydroxylation sites is 1. The van der Waals surface area contributed by atoms with Crippen molar-refractivity contribution in [3.63, 3.8) is 0 Å². The number of carbonyl (C=O) groups is 1. The maximum atomic E-state index is 13.4. The third-order valence-electron chi connectivity index (χ3n) is 5.85. The molecule has 0 aliphatic carbocycles. The van der Waals surface area contributed by atoms with E-state index in [1.807, 2.05) is 30.3 Å². The number of aromatic nitrogens is 2. The zero-order chi connectivity index (χ0) is 21.0. The number of hydrogen-bond acceptors (Lipinski definition) is 7. The molecule has 3 aromatic rings. The van der Waals surface area contributed by atoms with E-state index in [0.29, 0.717) is 17.0 Å². The summed E-state index contributed by atoms with van der Waals surface area (Å²) in [6.07, 6.45) is -0.700. The highest BCUT2D eigenvalue weighted by Gasteiger charge is 2.46. The number of ether oxygens (including phenoxy) is 2. The summed E-state index contributed by atoms with van der Waals surface area (Å²) in [6, 6.07) is 11.1. The normalized spacial score (nSPS) is 21.8. The number of hydrogen-bond donors (Lipinski definition) is 2. The average Bonchev–Trinajstić information content (AvgIpc) is 3.06. The second kappa shape index (κ2) is 6.73. The summed E-state index contributed by atoms with van der Waals surface area (Å²) >= 11 is 0. The van der Waals surface area contributed by atoms with Crippen LogP contribution in [0.25, 0.3) is 22.3 Å². The van der Waals surface area contributed by atoms with Gasteiger partial charge in [0.2, 0.25) is 0 Å². The van der Waals surface area contributed by atoms with E-state index in [1.54, 1.807) is 13.0 Å². The lowest BCUT2D eigenvalue weighted by molar-refractivity contribution is -0.172. The maximum absolute atomic E-state index is 13.4. The monoisotopic (exact) mass is 408 g/mol. The number of rotatable bonds is 4. The van der Waals surface area contributed by atoms with Gasteiger partial charge < -0.3 is 19.7 Å². The number of esters is 1. The number of fused-ring (bicyclic) bond motifs is 5. The molecule has 8 heteroatoms. The number of nitrogens with zero attached hydrogens (tertiary/aromatic N) is 2. The van der Waals surface area contributed by atoms with E-state index < -0.39 is 23.4 Å². The highest BCUT2D eigenvalue weighted by molar-refractivity contribution is 5.86. The number of benzene rings is 1. The maximum Gasteiger partial charge on any atom is 0.343 e. The van der Waals surface area contributed by atoms with Gasteiger partial charge in [-0.25, -0.2) is 9.78 Å². The fourth-order valence-electron chi connectivity index (χ4n) is 4.28. The molecule has 2 atom stereocenters. The van der Waals surface area contributed by atoms with Gasteiger partial charge >= 0.3 is 5.97 Å². The number of carbonyl (C=O) groups excluding carboxylic acids is 1. The molecule has 5 rings (SSSR count). The molecule has 1 aromatic carbocycles. The standard InChI is InChI=1S/C22H20N2O6/c1-2-22(28)15-10-17-18-13(9-12-5-3-4-6-16(12)23-18)20(29-8-7-25)24(17)19(26)14(15)11-30-21(22)27/h3-6,9-10,20,25,28H,2,7-8,11H2,1H3/t20?,22-/m0/s1. The van der Waals surface area contributed by atoms with Gasteiger partial charge in [0.15, 0.2) is 11.8 Å². The highest BCUT2D eigenvalue weighted by atomic mass is 16.6. The van der Waals surface area contributed by atoms with E-state index in [0.717, 1.165) is 10.9 Å². The lowest BCUT2D eigenvalue weighted by atomic mass is 9.86. The molecule has 1 unspecified atom stereocenters. The molecule has 0 bridgehead atoms. The van der Waals surface area contributed by atoms with Crippen molar-refractivity contribution in [2.24, 2.45) is 0 Å². The van der Waals surface area contributed by atoms with Crippen molar-refractivity contribution in [1.29, 1.82) is 0 Å².